The zero-order valence-electron chi connectivity index (χ0n) is 13.8. The normalized spacial score (nSPS) is 10.5. The lowest BCUT2D eigenvalue weighted by atomic mass is 10.2. The van der Waals surface area contributed by atoms with Gasteiger partial charge in [-0.25, -0.2) is 0 Å². The van der Waals surface area contributed by atoms with Crippen molar-refractivity contribution in [3.63, 3.8) is 0 Å². The van der Waals surface area contributed by atoms with Crippen LogP contribution in [-0.4, -0.2) is 15.0 Å². The first-order valence-corrected chi connectivity index (χ1v) is 8.64. The highest BCUT2D eigenvalue weighted by atomic mass is 35.5. The highest BCUT2D eigenvalue weighted by Crippen LogP contribution is 2.20. The number of anilines is 1. The van der Waals surface area contributed by atoms with E-state index in [2.05, 4.69) is 10.3 Å². The number of aryl methyl sites for hydroxylation is 1. The molecule has 4 nitrogen and oxygen atoms in total. The molecule has 2 aromatic heterocycles. The van der Waals surface area contributed by atoms with Crippen molar-refractivity contribution in [2.75, 3.05) is 5.32 Å². The summed E-state index contributed by atoms with van der Waals surface area (Å²) in [5.41, 5.74) is 2.98. The number of benzene rings is 1. The zero-order chi connectivity index (χ0) is 17.6. The number of hydrogen-bond acceptors (Lipinski definition) is 3. The van der Waals surface area contributed by atoms with Gasteiger partial charge in [-0.2, -0.15) is 0 Å². The molecule has 0 bridgehead atoms. The van der Waals surface area contributed by atoms with Crippen LogP contribution in [0.2, 0.25) is 5.02 Å². The molecule has 2 heterocycles. The molecule has 3 rings (SSSR count). The van der Waals surface area contributed by atoms with Crippen LogP contribution in [0.5, 0.6) is 0 Å². The lowest BCUT2D eigenvalue weighted by Crippen LogP contribution is -2.33. The van der Waals surface area contributed by atoms with Gasteiger partial charge in [-0.1, -0.05) is 17.7 Å². The van der Waals surface area contributed by atoms with Crippen LogP contribution < -0.4 is 5.32 Å². The van der Waals surface area contributed by atoms with Crippen LogP contribution in [-0.2, 0) is 13.1 Å². The molecule has 0 saturated carbocycles. The molecule has 0 radical (unpaired) electrons. The van der Waals surface area contributed by atoms with E-state index < -0.39 is 0 Å². The van der Waals surface area contributed by atoms with Gasteiger partial charge in [0.2, 0.25) is 0 Å². The summed E-state index contributed by atoms with van der Waals surface area (Å²) in [4.78, 5) is 6.21. The second-order valence-electron chi connectivity index (χ2n) is 5.69. The van der Waals surface area contributed by atoms with Crippen LogP contribution >= 0.6 is 23.8 Å². The van der Waals surface area contributed by atoms with E-state index in [4.69, 9.17) is 28.2 Å². The van der Waals surface area contributed by atoms with Gasteiger partial charge in [0.25, 0.3) is 0 Å². The Morgan fingerprint density at radius 2 is 2.12 bits per heavy atom. The lowest BCUT2D eigenvalue weighted by molar-refractivity contribution is 0.360. The second-order valence-corrected chi connectivity index (χ2v) is 6.48. The molecule has 1 aromatic carbocycles. The van der Waals surface area contributed by atoms with Gasteiger partial charge in [0.1, 0.15) is 5.76 Å². The summed E-state index contributed by atoms with van der Waals surface area (Å²) in [5.74, 6) is 0.848. The van der Waals surface area contributed by atoms with Crippen LogP contribution in [0.4, 0.5) is 5.69 Å². The summed E-state index contributed by atoms with van der Waals surface area (Å²) >= 11 is 11.7. The third-order valence-corrected chi connectivity index (χ3v) is 4.50. The summed E-state index contributed by atoms with van der Waals surface area (Å²) in [7, 11) is 0. The van der Waals surface area contributed by atoms with Gasteiger partial charge in [0.05, 0.1) is 12.8 Å². The maximum Gasteiger partial charge on any atom is 0.174 e. The smallest absolute Gasteiger partial charge is 0.174 e. The zero-order valence-corrected chi connectivity index (χ0v) is 15.3. The Morgan fingerprint density at radius 1 is 1.24 bits per heavy atom. The molecule has 3 aromatic rings. The van der Waals surface area contributed by atoms with Gasteiger partial charge >= 0.3 is 0 Å². The summed E-state index contributed by atoms with van der Waals surface area (Å²) < 4.78 is 5.47. The van der Waals surface area contributed by atoms with Gasteiger partial charge in [-0.15, -0.1) is 0 Å². The number of rotatable bonds is 5. The minimum absolute atomic E-state index is 0.570. The van der Waals surface area contributed by atoms with Crippen molar-refractivity contribution >= 4 is 34.6 Å². The molecular formula is C19H18ClN3OS. The van der Waals surface area contributed by atoms with Crippen molar-refractivity contribution in [2.45, 2.75) is 20.0 Å². The summed E-state index contributed by atoms with van der Waals surface area (Å²) in [6.45, 7) is 3.17. The third-order valence-electron chi connectivity index (χ3n) is 3.72. The maximum atomic E-state index is 6.09. The average Bonchev–Trinajstić information content (AvgIpc) is 3.12. The van der Waals surface area contributed by atoms with Gasteiger partial charge in [-0.3, -0.25) is 4.98 Å². The van der Waals surface area contributed by atoms with E-state index in [0.29, 0.717) is 18.2 Å². The number of nitrogens with zero attached hydrogens (tertiary/aromatic N) is 2. The Hall–Kier alpha value is -2.37. The van der Waals surface area contributed by atoms with Crippen molar-refractivity contribution < 1.29 is 4.42 Å². The Balaban J connectivity index is 1.77. The molecule has 0 fully saturated rings. The highest BCUT2D eigenvalue weighted by Gasteiger charge is 2.13. The molecule has 1 N–H and O–H groups in total. The first-order valence-electron chi connectivity index (χ1n) is 7.85. The molecule has 25 heavy (non-hydrogen) atoms. The Labute approximate surface area is 157 Å². The number of pyridine rings is 1. The second kappa shape index (κ2) is 8.14. The number of hydrogen-bond donors (Lipinski definition) is 1. The van der Waals surface area contributed by atoms with Crippen LogP contribution in [0.15, 0.2) is 65.5 Å². The fourth-order valence-electron chi connectivity index (χ4n) is 2.43. The minimum Gasteiger partial charge on any atom is -0.467 e. The molecule has 128 valence electrons. The largest absolute Gasteiger partial charge is 0.467 e. The fraction of sp³-hybridized carbons (Fsp3) is 0.158. The molecule has 0 unspecified atom stereocenters. The average molecular weight is 372 g/mol. The monoisotopic (exact) mass is 371 g/mol. The van der Waals surface area contributed by atoms with E-state index in [-0.39, 0.29) is 0 Å². The molecular weight excluding hydrogens is 354 g/mol. The molecule has 0 spiro atoms. The van der Waals surface area contributed by atoms with Crippen LogP contribution in [0, 0.1) is 6.92 Å². The molecule has 0 aliphatic carbocycles. The quantitative estimate of drug-likeness (QED) is 0.636. The van der Waals surface area contributed by atoms with Crippen molar-refractivity contribution in [1.29, 1.82) is 0 Å². The fourth-order valence-corrected chi connectivity index (χ4v) is 2.79. The number of furan rings is 1. The van der Waals surface area contributed by atoms with E-state index in [1.807, 2.05) is 60.5 Å². The van der Waals surface area contributed by atoms with E-state index in [1.165, 1.54) is 0 Å². The van der Waals surface area contributed by atoms with Crippen molar-refractivity contribution in [3.8, 4) is 0 Å². The van der Waals surface area contributed by atoms with E-state index >= 15 is 0 Å². The highest BCUT2D eigenvalue weighted by molar-refractivity contribution is 7.80. The van der Waals surface area contributed by atoms with Crippen molar-refractivity contribution in [2.24, 2.45) is 0 Å². The molecule has 6 heteroatoms. The first-order chi connectivity index (χ1) is 12.1. The molecule has 0 atom stereocenters. The van der Waals surface area contributed by atoms with Crippen molar-refractivity contribution in [3.05, 3.63) is 83.0 Å². The number of thiocarbonyl (C=S) groups is 1. The van der Waals surface area contributed by atoms with Gasteiger partial charge in [0.15, 0.2) is 5.11 Å². The van der Waals surface area contributed by atoms with Crippen LogP contribution in [0.3, 0.4) is 0 Å². The molecule has 0 amide bonds. The van der Waals surface area contributed by atoms with Gasteiger partial charge in [-0.05, 0) is 66.7 Å². The third kappa shape index (κ3) is 4.81. The number of halogens is 1. The van der Waals surface area contributed by atoms with Crippen molar-refractivity contribution in [1.82, 2.24) is 9.88 Å². The summed E-state index contributed by atoms with van der Waals surface area (Å²) in [6.07, 6.45) is 5.26. The first kappa shape index (κ1) is 17.5. The van der Waals surface area contributed by atoms with E-state index in [0.717, 1.165) is 27.6 Å². The van der Waals surface area contributed by atoms with E-state index in [1.54, 1.807) is 12.5 Å². The van der Waals surface area contributed by atoms with Crippen LogP contribution in [0.1, 0.15) is 16.9 Å². The number of nitrogens with one attached hydrogen (secondary N) is 1. The Bertz CT molecular complexity index is 837. The standard InChI is InChI=1S/C19H18ClN3OS/c1-14-10-16(6-7-18(14)20)22-19(25)23(13-17-5-3-9-24-17)12-15-4-2-8-21-11-15/h2-11H,12-13H2,1H3,(H,22,25). The predicted molar refractivity (Wildman–Crippen MR) is 105 cm³/mol. The van der Waals surface area contributed by atoms with Crippen LogP contribution in [0.25, 0.3) is 0 Å². The van der Waals surface area contributed by atoms with Gasteiger partial charge in [0, 0.05) is 29.6 Å². The predicted octanol–water partition coefficient (Wildman–Crippen LogP) is 5.04. The maximum absolute atomic E-state index is 6.09. The molecule has 0 saturated heterocycles. The minimum atomic E-state index is 0.570. The lowest BCUT2D eigenvalue weighted by Gasteiger charge is -2.25. The summed E-state index contributed by atoms with van der Waals surface area (Å²) in [6, 6.07) is 13.5. The van der Waals surface area contributed by atoms with E-state index in [9.17, 15) is 0 Å². The summed E-state index contributed by atoms with van der Waals surface area (Å²) in [5, 5.41) is 4.63. The molecule has 0 aliphatic rings. The Kier molecular flexibility index (Phi) is 5.68. The number of aromatic nitrogens is 1. The molecule has 0 aliphatic heterocycles. The topological polar surface area (TPSA) is 41.3 Å². The SMILES string of the molecule is Cc1cc(NC(=S)N(Cc2cccnc2)Cc2ccco2)ccc1Cl. The van der Waals surface area contributed by atoms with Gasteiger partial charge < -0.3 is 14.6 Å². The Morgan fingerprint density at radius 3 is 2.80 bits per heavy atom.